The van der Waals surface area contributed by atoms with E-state index in [4.69, 9.17) is 10.8 Å². The van der Waals surface area contributed by atoms with Gasteiger partial charge < -0.3 is 35.7 Å². The standard InChI is InChI=1S/C2H7NO.2ClH.Mn/c3-1-2-4;;;/h4H,1-3H2;2*1H;/q;;;+2/p-2. The Kier molecular flexibility index (Phi) is 97.5. The van der Waals surface area contributed by atoms with Crippen LogP contribution in [-0.2, 0) is 17.1 Å². The van der Waals surface area contributed by atoms with Crippen LogP contribution in [0.1, 0.15) is 0 Å². The molecule has 0 saturated heterocycles. The fraction of sp³-hybridized carbons (Fsp3) is 1.00. The van der Waals surface area contributed by atoms with E-state index in [0.29, 0.717) is 6.54 Å². The molecule has 0 aromatic heterocycles. The Morgan fingerprint density at radius 2 is 1.43 bits per heavy atom. The summed E-state index contributed by atoms with van der Waals surface area (Å²) in [5.41, 5.74) is 4.78. The average Bonchev–Trinajstić information content (AvgIpc) is 1.37. The van der Waals surface area contributed by atoms with Crippen molar-refractivity contribution in [2.75, 3.05) is 13.2 Å². The molecule has 0 spiro atoms. The molecular weight excluding hydrogens is 180 g/mol. The van der Waals surface area contributed by atoms with E-state index in [0.717, 1.165) is 0 Å². The molecule has 0 rings (SSSR count). The largest absolute Gasteiger partial charge is 2.00 e. The molecule has 47 valence electrons. The van der Waals surface area contributed by atoms with Gasteiger partial charge >= 0.3 is 17.1 Å². The van der Waals surface area contributed by atoms with E-state index < -0.39 is 0 Å². The predicted octanol–water partition coefficient (Wildman–Crippen LogP) is -7.06. The molecule has 0 heterocycles. The molecule has 1 radical (unpaired) electrons. The molecule has 0 fully saturated rings. The van der Waals surface area contributed by atoms with E-state index in [2.05, 4.69) is 0 Å². The van der Waals surface area contributed by atoms with Crippen LogP contribution < -0.4 is 30.5 Å². The first-order valence-electron chi connectivity index (χ1n) is 1.22. The topological polar surface area (TPSA) is 46.2 Å². The Labute approximate surface area is 66.1 Å². The second-order valence-electron chi connectivity index (χ2n) is 0.512. The van der Waals surface area contributed by atoms with Crippen molar-refractivity contribution in [3.8, 4) is 0 Å². The number of nitrogens with two attached hydrogens (primary N) is 1. The molecule has 0 aliphatic carbocycles. The Morgan fingerprint density at radius 1 is 1.29 bits per heavy atom. The van der Waals surface area contributed by atoms with Crippen LogP contribution in [0.3, 0.4) is 0 Å². The van der Waals surface area contributed by atoms with Gasteiger partial charge in [-0.1, -0.05) is 0 Å². The molecule has 0 atom stereocenters. The molecule has 0 amide bonds. The van der Waals surface area contributed by atoms with Crippen molar-refractivity contribution in [1.29, 1.82) is 0 Å². The molecule has 0 aliphatic heterocycles. The molecule has 5 heteroatoms. The van der Waals surface area contributed by atoms with Crippen LogP contribution in [-0.4, -0.2) is 18.3 Å². The minimum Gasteiger partial charge on any atom is -1.00 e. The van der Waals surface area contributed by atoms with E-state index in [-0.39, 0.29) is 48.5 Å². The van der Waals surface area contributed by atoms with Gasteiger partial charge in [-0.05, 0) is 0 Å². The molecule has 0 aromatic carbocycles. The zero-order chi connectivity index (χ0) is 3.41. The zero-order valence-corrected chi connectivity index (χ0v) is 6.26. The molecule has 7 heavy (non-hydrogen) atoms. The van der Waals surface area contributed by atoms with Crippen molar-refractivity contribution in [1.82, 2.24) is 0 Å². The van der Waals surface area contributed by atoms with Gasteiger partial charge in [-0.25, -0.2) is 0 Å². The summed E-state index contributed by atoms with van der Waals surface area (Å²) in [7, 11) is 0. The van der Waals surface area contributed by atoms with Crippen LogP contribution in [0.25, 0.3) is 0 Å². The first kappa shape index (κ1) is 24.5. The summed E-state index contributed by atoms with van der Waals surface area (Å²) in [5.74, 6) is 0. The number of aliphatic hydroxyl groups excluding tert-OH is 1. The maximum absolute atomic E-state index is 7.75. The maximum atomic E-state index is 7.75. The third-order valence-electron chi connectivity index (χ3n) is 0.129. The number of aliphatic hydroxyl groups is 1. The van der Waals surface area contributed by atoms with Crippen molar-refractivity contribution in [3.05, 3.63) is 0 Å². The van der Waals surface area contributed by atoms with Crippen molar-refractivity contribution < 1.29 is 47.0 Å². The number of rotatable bonds is 1. The summed E-state index contributed by atoms with van der Waals surface area (Å²) >= 11 is 0. The van der Waals surface area contributed by atoms with E-state index in [1.165, 1.54) is 0 Å². The van der Waals surface area contributed by atoms with Crippen LogP contribution in [0, 0.1) is 0 Å². The zero-order valence-electron chi connectivity index (χ0n) is 3.57. The number of hydrogen-bond donors (Lipinski definition) is 2. The number of halogens is 2. The van der Waals surface area contributed by atoms with Gasteiger partial charge in [0.25, 0.3) is 0 Å². The monoisotopic (exact) mass is 186 g/mol. The summed E-state index contributed by atoms with van der Waals surface area (Å²) in [4.78, 5) is 0. The van der Waals surface area contributed by atoms with Crippen molar-refractivity contribution >= 4 is 0 Å². The summed E-state index contributed by atoms with van der Waals surface area (Å²) in [5, 5.41) is 7.75. The second-order valence-corrected chi connectivity index (χ2v) is 0.512. The van der Waals surface area contributed by atoms with Gasteiger partial charge in [0.1, 0.15) is 0 Å². The fourth-order valence-corrected chi connectivity index (χ4v) is 0. The Hall–Kier alpha value is 1.02. The van der Waals surface area contributed by atoms with E-state index in [1.54, 1.807) is 0 Å². The molecule has 0 aromatic rings. The van der Waals surface area contributed by atoms with Crippen LogP contribution in [0.5, 0.6) is 0 Å². The SMILES string of the molecule is NCCO.[Cl-].[Cl-].[Mn+2]. The normalized spacial score (nSPS) is 4.29. The number of hydrogen-bond acceptors (Lipinski definition) is 2. The Bertz CT molecular complexity index is 17.7. The third-order valence-corrected chi connectivity index (χ3v) is 0.129. The molecule has 0 aliphatic rings. The summed E-state index contributed by atoms with van der Waals surface area (Å²) < 4.78 is 0. The second kappa shape index (κ2) is 27.9. The third kappa shape index (κ3) is 43.4. The van der Waals surface area contributed by atoms with Crippen LogP contribution >= 0.6 is 0 Å². The molecule has 0 saturated carbocycles. The smallest absolute Gasteiger partial charge is 1.00 e. The van der Waals surface area contributed by atoms with Crippen molar-refractivity contribution in [2.45, 2.75) is 0 Å². The van der Waals surface area contributed by atoms with Crippen molar-refractivity contribution in [2.24, 2.45) is 5.73 Å². The maximum Gasteiger partial charge on any atom is 2.00 e. The Balaban J connectivity index is -0.0000000150. The summed E-state index contributed by atoms with van der Waals surface area (Å²) in [6, 6.07) is 0. The molecule has 3 N–H and O–H groups in total. The minimum atomic E-state index is 0. The van der Waals surface area contributed by atoms with Gasteiger partial charge in [0, 0.05) is 6.54 Å². The summed E-state index contributed by atoms with van der Waals surface area (Å²) in [6.45, 7) is 0.472. The quantitative estimate of drug-likeness (QED) is 0.400. The van der Waals surface area contributed by atoms with Crippen LogP contribution in [0.4, 0.5) is 0 Å². The first-order chi connectivity index (χ1) is 1.91. The van der Waals surface area contributed by atoms with Gasteiger partial charge in [0.05, 0.1) is 6.61 Å². The van der Waals surface area contributed by atoms with Gasteiger partial charge in [0.15, 0.2) is 0 Å². The van der Waals surface area contributed by atoms with Crippen LogP contribution in [0.15, 0.2) is 0 Å². The van der Waals surface area contributed by atoms with Crippen LogP contribution in [0.2, 0.25) is 0 Å². The summed E-state index contributed by atoms with van der Waals surface area (Å²) in [6.07, 6.45) is 0. The van der Waals surface area contributed by atoms with E-state index >= 15 is 0 Å². The van der Waals surface area contributed by atoms with Gasteiger partial charge in [-0.2, -0.15) is 0 Å². The minimum absolute atomic E-state index is 0. The molecule has 0 unspecified atom stereocenters. The van der Waals surface area contributed by atoms with Gasteiger partial charge in [0.2, 0.25) is 0 Å². The van der Waals surface area contributed by atoms with Gasteiger partial charge in [-0.3, -0.25) is 0 Å². The first-order valence-corrected chi connectivity index (χ1v) is 1.22. The van der Waals surface area contributed by atoms with Crippen molar-refractivity contribution in [3.63, 3.8) is 0 Å². The van der Waals surface area contributed by atoms with E-state index in [1.807, 2.05) is 0 Å². The van der Waals surface area contributed by atoms with E-state index in [9.17, 15) is 0 Å². The molecule has 0 bridgehead atoms. The Morgan fingerprint density at radius 3 is 1.43 bits per heavy atom. The van der Waals surface area contributed by atoms with Gasteiger partial charge in [-0.15, -0.1) is 0 Å². The fourth-order valence-electron chi connectivity index (χ4n) is 0. The average molecular weight is 187 g/mol. The molecular formula is C2H7Cl2MnNO. The molecule has 2 nitrogen and oxygen atoms in total. The predicted molar refractivity (Wildman–Crippen MR) is 16.1 cm³/mol.